The third-order valence-corrected chi connectivity index (χ3v) is 4.18. The summed E-state index contributed by atoms with van der Waals surface area (Å²) in [4.78, 5) is 12.4. The molecule has 0 bridgehead atoms. The molecule has 2 aromatic carbocycles. The molecule has 0 saturated heterocycles. The van der Waals surface area contributed by atoms with Crippen LogP contribution in [0, 0.1) is 0 Å². The van der Waals surface area contributed by atoms with Crippen LogP contribution in [-0.2, 0) is 17.8 Å². The molecule has 0 aromatic heterocycles. The summed E-state index contributed by atoms with van der Waals surface area (Å²) in [5.74, 6) is 2.04. The lowest BCUT2D eigenvalue weighted by atomic mass is 10.1. The van der Waals surface area contributed by atoms with Gasteiger partial charge in [-0.25, -0.2) is 0 Å². The van der Waals surface area contributed by atoms with Crippen LogP contribution in [0.2, 0.25) is 0 Å². The minimum absolute atomic E-state index is 0.125. The van der Waals surface area contributed by atoms with Gasteiger partial charge in [0, 0.05) is 6.54 Å². The Kier molecular flexibility index (Phi) is 5.43. The van der Waals surface area contributed by atoms with Crippen LogP contribution in [0.3, 0.4) is 0 Å². The van der Waals surface area contributed by atoms with Gasteiger partial charge in [0.25, 0.3) is 5.91 Å². The lowest BCUT2D eigenvalue weighted by Gasteiger charge is -2.17. The Balaban J connectivity index is 1.56. The number of carbonyl (C=O) groups is 1. The van der Waals surface area contributed by atoms with E-state index in [4.69, 9.17) is 14.2 Å². The highest BCUT2D eigenvalue weighted by atomic mass is 16.7. The van der Waals surface area contributed by atoms with E-state index < -0.39 is 6.10 Å². The van der Waals surface area contributed by atoms with E-state index in [1.807, 2.05) is 49.4 Å². The molecule has 5 nitrogen and oxygen atoms in total. The van der Waals surface area contributed by atoms with Gasteiger partial charge in [-0.05, 0) is 48.2 Å². The first-order valence-corrected chi connectivity index (χ1v) is 8.61. The molecule has 0 saturated carbocycles. The predicted molar refractivity (Wildman–Crippen MR) is 94.9 cm³/mol. The van der Waals surface area contributed by atoms with E-state index in [0.29, 0.717) is 24.5 Å². The highest BCUT2D eigenvalue weighted by Crippen LogP contribution is 2.32. The monoisotopic (exact) mass is 341 g/mol. The summed E-state index contributed by atoms with van der Waals surface area (Å²) in [5.41, 5.74) is 2.20. The topological polar surface area (TPSA) is 56.8 Å². The summed E-state index contributed by atoms with van der Waals surface area (Å²) < 4.78 is 16.5. The molecule has 1 heterocycles. The molecular weight excluding hydrogens is 318 g/mol. The van der Waals surface area contributed by atoms with Crippen LogP contribution < -0.4 is 19.5 Å². The first-order valence-electron chi connectivity index (χ1n) is 8.61. The smallest absolute Gasteiger partial charge is 0.261 e. The maximum Gasteiger partial charge on any atom is 0.261 e. The van der Waals surface area contributed by atoms with Crippen LogP contribution >= 0.6 is 0 Å². The molecule has 3 rings (SSSR count). The van der Waals surface area contributed by atoms with Gasteiger partial charge in [-0.2, -0.15) is 0 Å². The molecule has 0 fully saturated rings. The summed E-state index contributed by atoms with van der Waals surface area (Å²) in [7, 11) is 0. The second-order valence-corrected chi connectivity index (χ2v) is 5.92. The number of fused-ring (bicyclic) bond motifs is 1. The largest absolute Gasteiger partial charge is 0.481 e. The minimum atomic E-state index is -0.513. The number of ether oxygens (including phenoxy) is 3. The van der Waals surface area contributed by atoms with Crippen LogP contribution in [0.15, 0.2) is 42.5 Å². The fraction of sp³-hybridized carbons (Fsp3) is 0.350. The Morgan fingerprint density at radius 2 is 1.80 bits per heavy atom. The van der Waals surface area contributed by atoms with Gasteiger partial charge in [0.2, 0.25) is 6.79 Å². The molecular formula is C20H23NO4. The Morgan fingerprint density at radius 3 is 2.52 bits per heavy atom. The lowest BCUT2D eigenvalue weighted by molar-refractivity contribution is -0.128. The van der Waals surface area contributed by atoms with Crippen molar-refractivity contribution < 1.29 is 19.0 Å². The van der Waals surface area contributed by atoms with Crippen molar-refractivity contribution in [2.24, 2.45) is 0 Å². The SMILES string of the molecule is CCc1ccc(O[C@@H](CC)C(=O)NCc2ccc3c(c2)OCO3)cc1. The number of hydrogen-bond donors (Lipinski definition) is 1. The molecule has 132 valence electrons. The number of benzene rings is 2. The highest BCUT2D eigenvalue weighted by Gasteiger charge is 2.19. The quantitative estimate of drug-likeness (QED) is 0.838. The number of rotatable bonds is 7. The first kappa shape index (κ1) is 17.1. The van der Waals surface area contributed by atoms with Gasteiger partial charge < -0.3 is 19.5 Å². The fourth-order valence-electron chi connectivity index (χ4n) is 2.64. The van der Waals surface area contributed by atoms with Gasteiger partial charge in [0.05, 0.1) is 0 Å². The zero-order valence-electron chi connectivity index (χ0n) is 14.6. The predicted octanol–water partition coefficient (Wildman–Crippen LogP) is 3.45. The maximum atomic E-state index is 12.4. The highest BCUT2D eigenvalue weighted by molar-refractivity contribution is 5.81. The third kappa shape index (κ3) is 4.24. The molecule has 0 aliphatic carbocycles. The molecule has 0 radical (unpaired) electrons. The number of nitrogens with one attached hydrogen (secondary N) is 1. The molecule has 1 amide bonds. The number of hydrogen-bond acceptors (Lipinski definition) is 4. The Morgan fingerprint density at radius 1 is 1.08 bits per heavy atom. The van der Waals surface area contributed by atoms with Crippen molar-refractivity contribution in [1.82, 2.24) is 5.32 Å². The zero-order valence-corrected chi connectivity index (χ0v) is 14.6. The van der Waals surface area contributed by atoms with Crippen LogP contribution in [0.25, 0.3) is 0 Å². The van der Waals surface area contributed by atoms with Crippen LogP contribution in [0.1, 0.15) is 31.4 Å². The summed E-state index contributed by atoms with van der Waals surface area (Å²) in [6.07, 6.45) is 1.07. The van der Waals surface area contributed by atoms with E-state index in [0.717, 1.165) is 17.7 Å². The number of amides is 1. The standard InChI is InChI=1S/C20H23NO4/c1-3-14-5-8-16(9-6-14)25-17(4-2)20(22)21-12-15-7-10-18-19(11-15)24-13-23-18/h5-11,17H,3-4,12-13H2,1-2H3,(H,21,22)/t17-/m0/s1. The van der Waals surface area contributed by atoms with E-state index >= 15 is 0 Å². The second kappa shape index (κ2) is 7.92. The van der Waals surface area contributed by atoms with Gasteiger partial charge in [0.15, 0.2) is 17.6 Å². The molecule has 1 aliphatic rings. The molecule has 1 atom stereocenters. The fourth-order valence-corrected chi connectivity index (χ4v) is 2.64. The molecule has 0 spiro atoms. The maximum absolute atomic E-state index is 12.4. The van der Waals surface area contributed by atoms with Gasteiger partial charge >= 0.3 is 0 Å². The van der Waals surface area contributed by atoms with E-state index in [1.165, 1.54) is 5.56 Å². The number of carbonyl (C=O) groups excluding carboxylic acids is 1. The lowest BCUT2D eigenvalue weighted by Crippen LogP contribution is -2.37. The van der Waals surface area contributed by atoms with E-state index in [-0.39, 0.29) is 12.7 Å². The molecule has 1 aliphatic heterocycles. The molecule has 5 heteroatoms. The van der Waals surface area contributed by atoms with E-state index in [2.05, 4.69) is 12.2 Å². The Hall–Kier alpha value is -2.69. The minimum Gasteiger partial charge on any atom is -0.481 e. The van der Waals surface area contributed by atoms with Gasteiger partial charge in [0.1, 0.15) is 5.75 Å². The average Bonchev–Trinajstić information content (AvgIpc) is 3.12. The Bertz CT molecular complexity index is 727. The third-order valence-electron chi connectivity index (χ3n) is 4.18. The summed E-state index contributed by atoms with van der Waals surface area (Å²) in [6, 6.07) is 13.5. The van der Waals surface area contributed by atoms with Crippen LogP contribution in [-0.4, -0.2) is 18.8 Å². The van der Waals surface area contributed by atoms with Crippen molar-refractivity contribution in [1.29, 1.82) is 0 Å². The van der Waals surface area contributed by atoms with Crippen molar-refractivity contribution in [3.8, 4) is 17.2 Å². The number of aryl methyl sites for hydroxylation is 1. The zero-order chi connectivity index (χ0) is 17.6. The van der Waals surface area contributed by atoms with Crippen LogP contribution in [0.4, 0.5) is 0 Å². The van der Waals surface area contributed by atoms with Crippen molar-refractivity contribution >= 4 is 5.91 Å². The van der Waals surface area contributed by atoms with Gasteiger partial charge in [-0.15, -0.1) is 0 Å². The second-order valence-electron chi connectivity index (χ2n) is 5.92. The Labute approximate surface area is 147 Å². The molecule has 1 N–H and O–H groups in total. The van der Waals surface area contributed by atoms with Crippen molar-refractivity contribution in [3.05, 3.63) is 53.6 Å². The summed E-state index contributed by atoms with van der Waals surface area (Å²) in [6.45, 7) is 4.71. The summed E-state index contributed by atoms with van der Waals surface area (Å²) in [5, 5.41) is 2.92. The molecule has 0 unspecified atom stereocenters. The molecule has 2 aromatic rings. The van der Waals surface area contributed by atoms with E-state index in [1.54, 1.807) is 0 Å². The van der Waals surface area contributed by atoms with Gasteiger partial charge in [-0.1, -0.05) is 32.0 Å². The summed E-state index contributed by atoms with van der Waals surface area (Å²) >= 11 is 0. The molecule has 25 heavy (non-hydrogen) atoms. The van der Waals surface area contributed by atoms with Gasteiger partial charge in [-0.3, -0.25) is 4.79 Å². The van der Waals surface area contributed by atoms with Crippen molar-refractivity contribution in [3.63, 3.8) is 0 Å². The normalized spacial score (nSPS) is 13.4. The van der Waals surface area contributed by atoms with E-state index in [9.17, 15) is 4.79 Å². The average molecular weight is 341 g/mol. The first-order chi connectivity index (χ1) is 12.2. The van der Waals surface area contributed by atoms with Crippen molar-refractivity contribution in [2.75, 3.05) is 6.79 Å². The van der Waals surface area contributed by atoms with Crippen LogP contribution in [0.5, 0.6) is 17.2 Å². The van der Waals surface area contributed by atoms with Crippen molar-refractivity contribution in [2.45, 2.75) is 39.3 Å².